The molecule has 4 aromatic rings. The number of alkyl halides is 6. The molecule has 0 bridgehead atoms. The van der Waals surface area contributed by atoms with Gasteiger partial charge in [-0.15, -0.1) is 0 Å². The number of nitrogens with one attached hydrogen (secondary N) is 2. The molecule has 1 aromatic heterocycles. The summed E-state index contributed by atoms with van der Waals surface area (Å²) < 4.78 is 70.9. The van der Waals surface area contributed by atoms with Gasteiger partial charge < -0.3 is 31.5 Å². The van der Waals surface area contributed by atoms with E-state index in [-0.39, 0.29) is 11.8 Å². The van der Waals surface area contributed by atoms with Gasteiger partial charge in [0.2, 0.25) is 17.8 Å². The number of nitrogens with two attached hydrogens (primary N) is 1. The van der Waals surface area contributed by atoms with Crippen LogP contribution in [0.5, 0.6) is 5.75 Å². The van der Waals surface area contributed by atoms with Gasteiger partial charge >= 0.3 is 18.3 Å². The maximum absolute atomic E-state index is 13.1. The van der Waals surface area contributed by atoms with Crippen LogP contribution in [0.25, 0.3) is 11.1 Å². The Bertz CT molecular complexity index is 1640. The highest BCUT2D eigenvalue weighted by atomic mass is 19.4. The smallest absolute Gasteiger partial charge is 0.490 e. The fourth-order valence-electron chi connectivity index (χ4n) is 4.71. The first-order valence-electron chi connectivity index (χ1n) is 14.8. The van der Waals surface area contributed by atoms with Gasteiger partial charge in [0.05, 0.1) is 5.56 Å². The minimum atomic E-state index is -5.08. The van der Waals surface area contributed by atoms with Crippen LogP contribution in [-0.2, 0) is 23.9 Å². The lowest BCUT2D eigenvalue weighted by Gasteiger charge is -2.30. The van der Waals surface area contributed by atoms with Gasteiger partial charge in [0.1, 0.15) is 5.75 Å². The minimum absolute atomic E-state index is 0.162. The average Bonchev–Trinajstić information content (AvgIpc) is 3.05. The normalized spacial score (nSPS) is 13.8. The van der Waals surface area contributed by atoms with E-state index in [9.17, 15) is 31.4 Å². The number of carboxylic acid groups (broad SMARTS) is 1. The van der Waals surface area contributed by atoms with Crippen LogP contribution >= 0.6 is 0 Å². The Kier molecular flexibility index (Phi) is 11.6. The van der Waals surface area contributed by atoms with Crippen molar-refractivity contribution < 1.29 is 41.4 Å². The number of hydrogen-bond donors (Lipinski definition) is 5. The molecule has 0 amide bonds. The van der Waals surface area contributed by atoms with Crippen LogP contribution in [0, 0.1) is 0 Å². The zero-order valence-electron chi connectivity index (χ0n) is 25.4. The third kappa shape index (κ3) is 10.4. The summed E-state index contributed by atoms with van der Waals surface area (Å²) in [5.74, 6) is -1.16. The van der Waals surface area contributed by atoms with Gasteiger partial charge in [0.15, 0.2) is 0 Å². The molecule has 1 fully saturated rings. The molecule has 48 heavy (non-hydrogen) atoms. The Morgan fingerprint density at radius 3 is 2.02 bits per heavy atom. The van der Waals surface area contributed by atoms with Crippen LogP contribution < -0.4 is 21.3 Å². The van der Waals surface area contributed by atoms with Crippen molar-refractivity contribution in [3.8, 4) is 16.9 Å². The fraction of sp³-hybridized carbons (Fsp3) is 0.312. The molecular formula is C32H33F6N7O3. The van der Waals surface area contributed by atoms with E-state index in [0.717, 1.165) is 54.8 Å². The number of carbonyl (C=O) groups is 1. The van der Waals surface area contributed by atoms with E-state index in [1.165, 1.54) is 12.1 Å². The number of nitrogens with zero attached hydrogens (tertiary/aromatic N) is 4. The number of benzene rings is 3. The number of anilines is 3. The van der Waals surface area contributed by atoms with E-state index in [2.05, 4.69) is 30.5 Å². The Hall–Kier alpha value is -5.12. The van der Waals surface area contributed by atoms with Gasteiger partial charge in [-0.3, -0.25) is 0 Å². The van der Waals surface area contributed by atoms with E-state index in [0.29, 0.717) is 42.9 Å². The summed E-state index contributed by atoms with van der Waals surface area (Å²) in [5.41, 5.74) is 8.87. The number of piperidine rings is 1. The van der Waals surface area contributed by atoms with Crippen molar-refractivity contribution in [2.75, 3.05) is 35.2 Å². The SMILES string of the molecule is NC1CCN(c2nc(NCCc3ccc(O)cc3)nc(NCc3ccccc3-c3ccc(C(F)(F)F)cc3)n2)CC1.O=C(O)C(F)(F)F. The average molecular weight is 678 g/mol. The lowest BCUT2D eigenvalue weighted by Crippen LogP contribution is -2.40. The van der Waals surface area contributed by atoms with Gasteiger partial charge in [0, 0.05) is 32.2 Å². The van der Waals surface area contributed by atoms with E-state index in [1.807, 2.05) is 36.4 Å². The van der Waals surface area contributed by atoms with Crippen LogP contribution in [-0.4, -0.2) is 63.0 Å². The van der Waals surface area contributed by atoms with Crippen molar-refractivity contribution in [3.63, 3.8) is 0 Å². The molecule has 6 N–H and O–H groups in total. The Morgan fingerprint density at radius 1 is 0.854 bits per heavy atom. The van der Waals surface area contributed by atoms with Gasteiger partial charge in [-0.25, -0.2) is 4.79 Å². The minimum Gasteiger partial charge on any atom is -0.508 e. The molecule has 5 rings (SSSR count). The zero-order chi connectivity index (χ0) is 34.9. The largest absolute Gasteiger partial charge is 0.508 e. The van der Waals surface area contributed by atoms with Crippen LogP contribution in [0.15, 0.2) is 72.8 Å². The van der Waals surface area contributed by atoms with Gasteiger partial charge in [-0.2, -0.15) is 41.3 Å². The summed E-state index contributed by atoms with van der Waals surface area (Å²) in [4.78, 5) is 24.9. The van der Waals surface area contributed by atoms with Crippen molar-refractivity contribution in [3.05, 3.63) is 89.5 Å². The Balaban J connectivity index is 0.000000671. The predicted octanol–water partition coefficient (Wildman–Crippen LogP) is 6.09. The predicted molar refractivity (Wildman–Crippen MR) is 167 cm³/mol. The molecule has 0 radical (unpaired) electrons. The van der Waals surface area contributed by atoms with Crippen molar-refractivity contribution in [1.29, 1.82) is 0 Å². The Labute approximate surface area is 271 Å². The highest BCUT2D eigenvalue weighted by molar-refractivity contribution is 5.73. The summed E-state index contributed by atoms with van der Waals surface area (Å²) in [6, 6.07) is 19.9. The van der Waals surface area contributed by atoms with Gasteiger partial charge in [-0.05, 0) is 65.8 Å². The highest BCUT2D eigenvalue weighted by Crippen LogP contribution is 2.32. The number of phenols is 1. The number of aliphatic carboxylic acids is 1. The molecule has 2 heterocycles. The van der Waals surface area contributed by atoms with Crippen molar-refractivity contribution in [2.24, 2.45) is 5.73 Å². The third-order valence-electron chi connectivity index (χ3n) is 7.30. The molecule has 0 spiro atoms. The molecule has 1 saturated heterocycles. The summed E-state index contributed by atoms with van der Waals surface area (Å²) in [7, 11) is 0. The van der Waals surface area contributed by atoms with Crippen molar-refractivity contribution >= 4 is 23.8 Å². The summed E-state index contributed by atoms with van der Waals surface area (Å²) >= 11 is 0. The number of hydrogen-bond acceptors (Lipinski definition) is 9. The van der Waals surface area contributed by atoms with Crippen LogP contribution in [0.4, 0.5) is 44.2 Å². The molecular weight excluding hydrogens is 644 g/mol. The number of phenolic OH excluding ortho intramolecular Hbond substituents is 1. The van der Waals surface area contributed by atoms with Gasteiger partial charge in [-0.1, -0.05) is 48.5 Å². The van der Waals surface area contributed by atoms with Crippen LogP contribution in [0.2, 0.25) is 0 Å². The summed E-state index contributed by atoms with van der Waals surface area (Å²) in [5, 5.41) is 23.2. The van der Waals surface area contributed by atoms with Crippen molar-refractivity contribution in [1.82, 2.24) is 15.0 Å². The number of carboxylic acids is 1. The molecule has 0 unspecified atom stereocenters. The third-order valence-corrected chi connectivity index (χ3v) is 7.30. The van der Waals surface area contributed by atoms with E-state index in [4.69, 9.17) is 15.6 Å². The first-order valence-corrected chi connectivity index (χ1v) is 14.8. The molecule has 256 valence electrons. The fourth-order valence-corrected chi connectivity index (χ4v) is 4.71. The number of aromatic hydroxyl groups is 1. The second kappa shape index (κ2) is 15.6. The van der Waals surface area contributed by atoms with E-state index >= 15 is 0 Å². The van der Waals surface area contributed by atoms with Gasteiger partial charge in [0.25, 0.3) is 0 Å². The molecule has 3 aromatic carbocycles. The second-order valence-electron chi connectivity index (χ2n) is 10.8. The molecule has 1 aliphatic rings. The lowest BCUT2D eigenvalue weighted by atomic mass is 9.98. The summed E-state index contributed by atoms with van der Waals surface area (Å²) in [6.07, 6.45) is -7.06. The quantitative estimate of drug-likeness (QED) is 0.132. The van der Waals surface area contributed by atoms with E-state index in [1.54, 1.807) is 12.1 Å². The molecule has 1 aliphatic heterocycles. The molecule has 0 atom stereocenters. The van der Waals surface area contributed by atoms with Crippen molar-refractivity contribution in [2.45, 2.75) is 44.2 Å². The second-order valence-corrected chi connectivity index (χ2v) is 10.8. The Morgan fingerprint density at radius 2 is 1.44 bits per heavy atom. The van der Waals surface area contributed by atoms with E-state index < -0.39 is 23.9 Å². The lowest BCUT2D eigenvalue weighted by molar-refractivity contribution is -0.192. The zero-order valence-corrected chi connectivity index (χ0v) is 25.4. The molecule has 0 aliphatic carbocycles. The highest BCUT2D eigenvalue weighted by Gasteiger charge is 2.38. The van der Waals surface area contributed by atoms with Crippen LogP contribution in [0.1, 0.15) is 29.5 Å². The molecule has 0 saturated carbocycles. The first-order chi connectivity index (χ1) is 22.7. The topological polar surface area (TPSA) is 150 Å². The molecule has 16 heteroatoms. The maximum Gasteiger partial charge on any atom is 0.490 e. The maximum atomic E-state index is 13.1. The standard InChI is InChI=1S/C30H32F3N7O.C2HF3O2/c31-30(32,33)23-9-7-21(8-10-23)26-4-2-1-3-22(26)19-36-28-37-27(35-16-13-20-5-11-25(41)12-6-20)38-29(39-28)40-17-14-24(34)15-18-40;3-2(4,5)1(6)7/h1-12,24,41H,13-19,34H2,(H2,35,36,37,38,39);(H,6,7). The monoisotopic (exact) mass is 677 g/mol. The first kappa shape index (κ1) is 35.7. The summed E-state index contributed by atoms with van der Waals surface area (Å²) in [6.45, 7) is 2.43. The number of aromatic nitrogens is 3. The molecule has 10 nitrogen and oxygen atoms in total. The number of halogens is 6. The number of rotatable bonds is 9. The van der Waals surface area contributed by atoms with Crippen LogP contribution in [0.3, 0.4) is 0 Å².